The Labute approximate surface area is 126 Å². The Morgan fingerprint density at radius 3 is 1.35 bits per heavy atom. The lowest BCUT2D eigenvalue weighted by Gasteiger charge is -2.09. The minimum Gasteiger partial charge on any atom is -0.525 e. The maximum Gasteiger partial charge on any atom is 0.658 e. The molecule has 0 amide bonds. The fraction of sp³-hybridized carbons (Fsp3) is 0.167. The third kappa shape index (κ3) is 4.76. The van der Waals surface area contributed by atoms with Gasteiger partial charge in [0.15, 0.2) is 0 Å². The SMILES string of the molecule is FC(F)(F)c1ccc(O[B]Oc2ccc(C(F)(F)F)nc2)cn1. The van der Waals surface area contributed by atoms with Gasteiger partial charge in [0.05, 0.1) is 12.4 Å². The van der Waals surface area contributed by atoms with E-state index in [2.05, 4.69) is 9.97 Å². The minimum atomic E-state index is -4.56. The Hall–Kier alpha value is -2.46. The van der Waals surface area contributed by atoms with Crippen LogP contribution < -0.4 is 9.31 Å². The van der Waals surface area contributed by atoms with Crippen molar-refractivity contribution in [2.45, 2.75) is 12.4 Å². The molecule has 0 saturated heterocycles. The molecule has 0 aliphatic carbocycles. The molecule has 0 spiro atoms. The maximum atomic E-state index is 12.3. The molecule has 23 heavy (non-hydrogen) atoms. The van der Waals surface area contributed by atoms with Crippen LogP contribution in [-0.2, 0) is 12.4 Å². The summed E-state index contributed by atoms with van der Waals surface area (Å²) >= 11 is 0. The molecule has 0 atom stereocenters. The predicted octanol–water partition coefficient (Wildman–Crippen LogP) is 3.51. The zero-order valence-corrected chi connectivity index (χ0v) is 11.0. The third-order valence-electron chi connectivity index (χ3n) is 2.42. The summed E-state index contributed by atoms with van der Waals surface area (Å²) in [6.07, 6.45) is -7.48. The Bertz CT molecular complexity index is 585. The molecule has 0 saturated carbocycles. The fourth-order valence-corrected chi connectivity index (χ4v) is 1.37. The monoisotopic (exact) mass is 335 g/mol. The molecule has 0 aromatic carbocycles. The number of halogens is 6. The van der Waals surface area contributed by atoms with E-state index in [9.17, 15) is 26.3 Å². The summed E-state index contributed by atoms with van der Waals surface area (Å²) in [4.78, 5) is 6.30. The summed E-state index contributed by atoms with van der Waals surface area (Å²) in [6.45, 7) is 0. The second-order valence-corrected chi connectivity index (χ2v) is 4.09. The predicted molar refractivity (Wildman–Crippen MR) is 65.5 cm³/mol. The van der Waals surface area contributed by atoms with Crippen LogP contribution in [0, 0.1) is 0 Å². The van der Waals surface area contributed by atoms with Gasteiger partial charge in [-0.2, -0.15) is 26.3 Å². The molecule has 0 N–H and O–H groups in total. The summed E-state index contributed by atoms with van der Waals surface area (Å²) in [5.74, 6) is -0.0873. The van der Waals surface area contributed by atoms with Gasteiger partial charge in [0.25, 0.3) is 0 Å². The Morgan fingerprint density at radius 2 is 1.09 bits per heavy atom. The van der Waals surface area contributed by atoms with Crippen molar-refractivity contribution >= 4 is 7.69 Å². The summed E-state index contributed by atoms with van der Waals surface area (Å²) in [5.41, 5.74) is -2.17. The summed E-state index contributed by atoms with van der Waals surface area (Å²) in [5, 5.41) is 0. The lowest BCUT2D eigenvalue weighted by atomic mass is 10.3. The highest BCUT2D eigenvalue weighted by Gasteiger charge is 2.32. The lowest BCUT2D eigenvalue weighted by molar-refractivity contribution is -0.142. The summed E-state index contributed by atoms with van der Waals surface area (Å²) in [7, 11) is 0.731. The normalized spacial score (nSPS) is 11.9. The van der Waals surface area contributed by atoms with Gasteiger partial charge in [0.2, 0.25) is 0 Å². The second-order valence-electron chi connectivity index (χ2n) is 4.09. The van der Waals surface area contributed by atoms with Gasteiger partial charge in [-0.05, 0) is 24.3 Å². The molecule has 2 aromatic rings. The van der Waals surface area contributed by atoms with Crippen LogP contribution in [-0.4, -0.2) is 17.7 Å². The molecule has 0 fully saturated rings. The van der Waals surface area contributed by atoms with Crippen LogP contribution in [0.5, 0.6) is 11.5 Å². The molecule has 0 aliphatic heterocycles. The summed E-state index contributed by atoms with van der Waals surface area (Å²) < 4.78 is 83.4. The number of alkyl halides is 6. The van der Waals surface area contributed by atoms with Crippen LogP contribution in [0.2, 0.25) is 0 Å². The molecule has 11 heteroatoms. The van der Waals surface area contributed by atoms with E-state index in [1.807, 2.05) is 0 Å². The number of hydrogen-bond acceptors (Lipinski definition) is 4. The highest BCUT2D eigenvalue weighted by atomic mass is 19.4. The van der Waals surface area contributed by atoms with E-state index in [4.69, 9.17) is 9.31 Å². The van der Waals surface area contributed by atoms with E-state index in [0.717, 1.165) is 32.2 Å². The van der Waals surface area contributed by atoms with Gasteiger partial charge in [0, 0.05) is 0 Å². The number of nitrogens with zero attached hydrogens (tertiary/aromatic N) is 2. The van der Waals surface area contributed by atoms with Crippen molar-refractivity contribution < 1.29 is 35.7 Å². The van der Waals surface area contributed by atoms with Crippen molar-refractivity contribution in [1.29, 1.82) is 0 Å². The first-order valence-electron chi connectivity index (χ1n) is 5.88. The molecule has 2 rings (SSSR count). The zero-order chi connectivity index (χ0) is 17.1. The number of pyridine rings is 2. The van der Waals surface area contributed by atoms with Gasteiger partial charge in [-0.3, -0.25) is 0 Å². The first kappa shape index (κ1) is 16.9. The molecule has 2 heterocycles. The van der Waals surface area contributed by atoms with Crippen molar-refractivity contribution in [1.82, 2.24) is 9.97 Å². The second kappa shape index (κ2) is 6.35. The van der Waals surface area contributed by atoms with Gasteiger partial charge in [0.1, 0.15) is 22.9 Å². The molecular formula is C12H6BF6N2O2. The van der Waals surface area contributed by atoms with Gasteiger partial charge in [-0.25, -0.2) is 9.97 Å². The molecule has 0 aliphatic rings. The van der Waals surface area contributed by atoms with E-state index in [-0.39, 0.29) is 11.5 Å². The lowest BCUT2D eigenvalue weighted by Crippen LogP contribution is -2.13. The largest absolute Gasteiger partial charge is 0.658 e. The van der Waals surface area contributed by atoms with Crippen molar-refractivity contribution in [3.05, 3.63) is 48.0 Å². The first-order chi connectivity index (χ1) is 10.7. The van der Waals surface area contributed by atoms with Gasteiger partial charge >= 0.3 is 20.0 Å². The smallest absolute Gasteiger partial charge is 0.525 e. The highest BCUT2D eigenvalue weighted by molar-refractivity contribution is 6.20. The molecule has 121 valence electrons. The van der Waals surface area contributed by atoms with Gasteiger partial charge in [-0.1, -0.05) is 0 Å². The van der Waals surface area contributed by atoms with Gasteiger partial charge in [-0.15, -0.1) is 0 Å². The highest BCUT2D eigenvalue weighted by Crippen LogP contribution is 2.29. The maximum absolute atomic E-state index is 12.3. The Morgan fingerprint density at radius 1 is 0.696 bits per heavy atom. The van der Waals surface area contributed by atoms with Crippen molar-refractivity contribution in [3.63, 3.8) is 0 Å². The average molecular weight is 335 g/mol. The standard InChI is InChI=1S/C12H6BF6N2O2/c14-11(15,16)9-3-1-7(5-20-9)22-13-23-8-2-4-10(21-6-8)12(17,18)19/h1-6H. The van der Waals surface area contributed by atoms with Crippen LogP contribution in [0.25, 0.3) is 0 Å². The third-order valence-corrected chi connectivity index (χ3v) is 2.42. The number of aromatic nitrogens is 2. The molecular weight excluding hydrogens is 329 g/mol. The molecule has 1 radical (unpaired) electrons. The quantitative estimate of drug-likeness (QED) is 0.634. The Balaban J connectivity index is 1.87. The van der Waals surface area contributed by atoms with E-state index in [1.54, 1.807) is 0 Å². The minimum absolute atomic E-state index is 0.0436. The Kier molecular flexibility index (Phi) is 4.67. The molecule has 0 bridgehead atoms. The zero-order valence-electron chi connectivity index (χ0n) is 11.0. The molecule has 0 unspecified atom stereocenters. The first-order valence-corrected chi connectivity index (χ1v) is 5.88. The van der Waals surface area contributed by atoms with Crippen molar-refractivity contribution in [3.8, 4) is 11.5 Å². The number of rotatable bonds is 4. The fourth-order valence-electron chi connectivity index (χ4n) is 1.37. The number of hydrogen-bond donors (Lipinski definition) is 0. The molecule has 4 nitrogen and oxygen atoms in total. The molecule has 2 aromatic heterocycles. The van der Waals surface area contributed by atoms with Crippen LogP contribution in [0.3, 0.4) is 0 Å². The van der Waals surface area contributed by atoms with E-state index in [1.165, 1.54) is 0 Å². The van der Waals surface area contributed by atoms with E-state index in [0.29, 0.717) is 12.1 Å². The van der Waals surface area contributed by atoms with Crippen molar-refractivity contribution in [2.75, 3.05) is 0 Å². The van der Waals surface area contributed by atoms with E-state index >= 15 is 0 Å². The van der Waals surface area contributed by atoms with Crippen LogP contribution in [0.15, 0.2) is 36.7 Å². The van der Waals surface area contributed by atoms with Crippen molar-refractivity contribution in [2.24, 2.45) is 0 Å². The van der Waals surface area contributed by atoms with Gasteiger partial charge < -0.3 is 9.31 Å². The topological polar surface area (TPSA) is 44.2 Å². The average Bonchev–Trinajstić information content (AvgIpc) is 2.46. The summed E-state index contributed by atoms with van der Waals surface area (Å²) in [6, 6.07) is 3.45. The van der Waals surface area contributed by atoms with Crippen LogP contribution in [0.4, 0.5) is 26.3 Å². The van der Waals surface area contributed by atoms with Crippen LogP contribution >= 0.6 is 0 Å². The van der Waals surface area contributed by atoms with Crippen LogP contribution in [0.1, 0.15) is 11.4 Å². The van der Waals surface area contributed by atoms with E-state index < -0.39 is 23.7 Å².